The Balaban J connectivity index is 2.50. The predicted molar refractivity (Wildman–Crippen MR) is 73.8 cm³/mol. The van der Waals surface area contributed by atoms with Crippen molar-refractivity contribution in [2.24, 2.45) is 5.73 Å². The fourth-order valence-electron chi connectivity index (χ4n) is 1.83. The lowest BCUT2D eigenvalue weighted by Crippen LogP contribution is -2.43. The second-order valence-corrected chi connectivity index (χ2v) is 5.32. The summed E-state index contributed by atoms with van der Waals surface area (Å²) in [5.74, 6) is -4.24. The largest absolute Gasteiger partial charge is 0.875 e. The number of rotatable bonds is 7. The predicted octanol–water partition coefficient (Wildman–Crippen LogP) is -0.928. The average Bonchev–Trinajstić information content (AvgIpc) is 2.36. The Bertz CT molecular complexity index is 462. The zero-order valence-corrected chi connectivity index (χ0v) is 12.8. The summed E-state index contributed by atoms with van der Waals surface area (Å²) in [6.07, 6.45) is 0.917. The van der Waals surface area contributed by atoms with E-state index < -0.39 is 29.1 Å². The first kappa shape index (κ1) is 18.0. The molecule has 0 spiro atoms. The third kappa shape index (κ3) is 5.36. The molecule has 0 bridgehead atoms. The second-order valence-electron chi connectivity index (χ2n) is 5.32. The SMILES string of the molecule is CC1(C)OC(=O)C(=C([O-])CCCC(=O)NCCCN)C(=O)O1. The van der Waals surface area contributed by atoms with E-state index in [4.69, 9.17) is 15.2 Å². The van der Waals surface area contributed by atoms with Crippen LogP contribution in [0.3, 0.4) is 0 Å². The van der Waals surface area contributed by atoms with Crippen molar-refractivity contribution in [1.82, 2.24) is 5.32 Å². The summed E-state index contributed by atoms with van der Waals surface area (Å²) >= 11 is 0. The molecule has 1 fully saturated rings. The van der Waals surface area contributed by atoms with Gasteiger partial charge in [-0.05, 0) is 25.8 Å². The zero-order valence-electron chi connectivity index (χ0n) is 12.8. The molecule has 0 saturated carbocycles. The van der Waals surface area contributed by atoms with Crippen LogP contribution in [-0.4, -0.2) is 36.7 Å². The van der Waals surface area contributed by atoms with Crippen LogP contribution in [0, 0.1) is 0 Å². The number of nitrogens with two attached hydrogens (primary N) is 1. The summed E-state index contributed by atoms with van der Waals surface area (Å²) in [7, 11) is 0. The third-order valence-corrected chi connectivity index (χ3v) is 2.87. The fourth-order valence-corrected chi connectivity index (χ4v) is 1.83. The monoisotopic (exact) mass is 313 g/mol. The van der Waals surface area contributed by atoms with Crippen LogP contribution in [0.1, 0.15) is 39.5 Å². The number of esters is 2. The second kappa shape index (κ2) is 7.79. The number of carbonyl (C=O) groups is 3. The molecule has 8 nitrogen and oxygen atoms in total. The van der Waals surface area contributed by atoms with Crippen molar-refractivity contribution in [3.63, 3.8) is 0 Å². The highest BCUT2D eigenvalue weighted by Crippen LogP contribution is 2.24. The molecule has 0 radical (unpaired) electrons. The van der Waals surface area contributed by atoms with Crippen LogP contribution >= 0.6 is 0 Å². The van der Waals surface area contributed by atoms with Gasteiger partial charge >= 0.3 is 11.9 Å². The van der Waals surface area contributed by atoms with Gasteiger partial charge in [0.15, 0.2) is 0 Å². The number of cyclic esters (lactones) is 2. The van der Waals surface area contributed by atoms with Gasteiger partial charge < -0.3 is 25.6 Å². The highest BCUT2D eigenvalue weighted by molar-refractivity contribution is 6.15. The Morgan fingerprint density at radius 2 is 1.77 bits per heavy atom. The maximum absolute atomic E-state index is 11.9. The minimum atomic E-state index is -1.37. The van der Waals surface area contributed by atoms with Gasteiger partial charge in [-0.1, -0.05) is 0 Å². The molecule has 0 aromatic heterocycles. The van der Waals surface area contributed by atoms with Gasteiger partial charge in [-0.25, -0.2) is 9.59 Å². The van der Waals surface area contributed by atoms with Crippen molar-refractivity contribution in [2.75, 3.05) is 13.1 Å². The first-order chi connectivity index (χ1) is 10.3. The van der Waals surface area contributed by atoms with E-state index >= 15 is 0 Å². The number of carbonyl (C=O) groups excluding carboxylic acids is 3. The molecule has 0 aromatic carbocycles. The molecule has 0 unspecified atom stereocenters. The molecule has 0 atom stereocenters. The summed E-state index contributed by atoms with van der Waals surface area (Å²) in [6, 6.07) is 0. The highest BCUT2D eigenvalue weighted by atomic mass is 16.7. The number of nitrogens with one attached hydrogen (secondary N) is 1. The van der Waals surface area contributed by atoms with Crippen LogP contribution in [-0.2, 0) is 23.9 Å². The topological polar surface area (TPSA) is 131 Å². The van der Waals surface area contributed by atoms with Crippen LogP contribution in [0.4, 0.5) is 0 Å². The Kier molecular flexibility index (Phi) is 6.36. The van der Waals surface area contributed by atoms with Crippen molar-refractivity contribution >= 4 is 17.8 Å². The molecule has 124 valence electrons. The number of hydrogen-bond donors (Lipinski definition) is 2. The molecule has 1 amide bonds. The van der Waals surface area contributed by atoms with Crippen molar-refractivity contribution in [1.29, 1.82) is 0 Å². The molecular formula is C14H21N2O6-. The Labute approximate surface area is 128 Å². The minimum absolute atomic E-state index is 0.107. The summed E-state index contributed by atoms with van der Waals surface area (Å²) in [5, 5.41) is 14.5. The number of ether oxygens (including phenoxy) is 2. The van der Waals surface area contributed by atoms with E-state index in [1.165, 1.54) is 13.8 Å². The molecule has 1 rings (SSSR count). The Hall–Kier alpha value is -2.09. The molecule has 1 aliphatic heterocycles. The minimum Gasteiger partial charge on any atom is -0.875 e. The van der Waals surface area contributed by atoms with Gasteiger partial charge in [-0.3, -0.25) is 4.79 Å². The lowest BCUT2D eigenvalue weighted by atomic mass is 10.1. The van der Waals surface area contributed by atoms with E-state index in [1.807, 2.05) is 0 Å². The summed E-state index contributed by atoms with van der Waals surface area (Å²) < 4.78 is 9.68. The average molecular weight is 313 g/mol. The van der Waals surface area contributed by atoms with E-state index in [-0.39, 0.29) is 25.2 Å². The lowest BCUT2D eigenvalue weighted by Gasteiger charge is -2.31. The lowest BCUT2D eigenvalue weighted by molar-refractivity contribution is -0.309. The molecule has 1 saturated heterocycles. The van der Waals surface area contributed by atoms with Gasteiger partial charge in [0, 0.05) is 26.8 Å². The van der Waals surface area contributed by atoms with Crippen molar-refractivity contribution in [3.05, 3.63) is 11.3 Å². The summed E-state index contributed by atoms with van der Waals surface area (Å²) in [5.41, 5.74) is 4.67. The van der Waals surface area contributed by atoms with Crippen LogP contribution in [0.2, 0.25) is 0 Å². The van der Waals surface area contributed by atoms with Gasteiger partial charge in [0.25, 0.3) is 5.79 Å². The summed E-state index contributed by atoms with van der Waals surface area (Å²) in [4.78, 5) is 34.8. The van der Waals surface area contributed by atoms with Gasteiger partial charge in [-0.15, -0.1) is 5.76 Å². The molecule has 3 N–H and O–H groups in total. The maximum atomic E-state index is 11.9. The van der Waals surface area contributed by atoms with Gasteiger partial charge in [0.2, 0.25) is 5.91 Å². The van der Waals surface area contributed by atoms with Crippen LogP contribution in [0.5, 0.6) is 0 Å². The quantitative estimate of drug-likeness (QED) is 0.204. The van der Waals surface area contributed by atoms with Gasteiger partial charge in [0.05, 0.1) is 0 Å². The van der Waals surface area contributed by atoms with Crippen LogP contribution in [0.25, 0.3) is 0 Å². The molecule has 22 heavy (non-hydrogen) atoms. The highest BCUT2D eigenvalue weighted by Gasteiger charge is 2.39. The molecular weight excluding hydrogens is 292 g/mol. The molecule has 1 heterocycles. The number of amides is 1. The van der Waals surface area contributed by atoms with E-state index in [9.17, 15) is 19.5 Å². The standard InChI is InChI=1S/C14H22N2O6/c1-14(2)21-12(19)11(13(20)22-14)9(17)5-3-6-10(18)16-8-4-7-15/h17H,3-8,15H2,1-2H3,(H,16,18)/p-1. The summed E-state index contributed by atoms with van der Waals surface area (Å²) in [6.45, 7) is 3.76. The first-order valence-electron chi connectivity index (χ1n) is 7.10. The first-order valence-corrected chi connectivity index (χ1v) is 7.10. The van der Waals surface area contributed by atoms with Crippen molar-refractivity contribution < 1.29 is 29.0 Å². The number of allylic oxidation sites excluding steroid dienone is 1. The van der Waals surface area contributed by atoms with Crippen LogP contribution in [0.15, 0.2) is 11.3 Å². The molecule has 0 aromatic rings. The van der Waals surface area contributed by atoms with Crippen molar-refractivity contribution in [2.45, 2.75) is 45.3 Å². The van der Waals surface area contributed by atoms with E-state index in [0.717, 1.165) is 0 Å². The fraction of sp³-hybridized carbons (Fsp3) is 0.643. The zero-order chi connectivity index (χ0) is 16.8. The Morgan fingerprint density at radius 3 is 2.32 bits per heavy atom. The number of hydrogen-bond acceptors (Lipinski definition) is 7. The maximum Gasteiger partial charge on any atom is 0.347 e. The van der Waals surface area contributed by atoms with Gasteiger partial charge in [-0.2, -0.15) is 0 Å². The molecule has 1 aliphatic rings. The van der Waals surface area contributed by atoms with E-state index in [0.29, 0.717) is 19.5 Å². The molecule has 0 aliphatic carbocycles. The van der Waals surface area contributed by atoms with E-state index in [2.05, 4.69) is 5.32 Å². The van der Waals surface area contributed by atoms with E-state index in [1.54, 1.807) is 0 Å². The normalized spacial score (nSPS) is 16.8. The van der Waals surface area contributed by atoms with Crippen LogP contribution < -0.4 is 16.2 Å². The van der Waals surface area contributed by atoms with Gasteiger partial charge in [0.1, 0.15) is 5.57 Å². The third-order valence-electron chi connectivity index (χ3n) is 2.87. The molecule has 8 heteroatoms. The Morgan fingerprint density at radius 1 is 1.18 bits per heavy atom. The smallest absolute Gasteiger partial charge is 0.347 e. The van der Waals surface area contributed by atoms with Crippen molar-refractivity contribution in [3.8, 4) is 0 Å².